The van der Waals surface area contributed by atoms with Gasteiger partial charge in [-0.2, -0.15) is 0 Å². The summed E-state index contributed by atoms with van der Waals surface area (Å²) in [4.78, 5) is 7.29. The van der Waals surface area contributed by atoms with Gasteiger partial charge in [0.15, 0.2) is 5.96 Å². The predicted molar refractivity (Wildman–Crippen MR) is 119 cm³/mol. The number of aliphatic hydroxyl groups excluding tert-OH is 1. The third-order valence-electron chi connectivity index (χ3n) is 4.79. The number of guanidine groups is 1. The number of piperidine rings is 1. The zero-order valence-electron chi connectivity index (χ0n) is 16.8. The molecule has 1 aliphatic heterocycles. The molecule has 1 saturated heterocycles. The molecule has 0 aliphatic carbocycles. The quantitative estimate of drug-likeness (QED) is 0.262. The van der Waals surface area contributed by atoms with Crippen LogP contribution in [0.25, 0.3) is 0 Å². The molecule has 3 N–H and O–H groups in total. The van der Waals surface area contributed by atoms with E-state index in [1.54, 1.807) is 0 Å². The Morgan fingerprint density at radius 2 is 1.92 bits per heavy atom. The normalized spacial score (nSPS) is 18.1. The number of rotatable bonds is 10. The summed E-state index contributed by atoms with van der Waals surface area (Å²) in [5.41, 5.74) is 0. The molecule has 0 saturated carbocycles. The van der Waals surface area contributed by atoms with Gasteiger partial charge in [-0.05, 0) is 63.5 Å². The van der Waals surface area contributed by atoms with Crippen LogP contribution in [0.4, 0.5) is 0 Å². The Morgan fingerprint density at radius 1 is 1.24 bits per heavy atom. The van der Waals surface area contributed by atoms with E-state index in [0.717, 1.165) is 50.9 Å². The number of nitrogens with zero attached hydrogens (tertiary/aromatic N) is 2. The van der Waals surface area contributed by atoms with Crippen LogP contribution in [0, 0.1) is 17.8 Å². The van der Waals surface area contributed by atoms with Crippen LogP contribution in [0.15, 0.2) is 4.99 Å². The van der Waals surface area contributed by atoms with Crippen molar-refractivity contribution in [1.82, 2.24) is 15.5 Å². The SMILES string of the molecule is CCNC(=NCC(CCO)CC(C)C)NCCN1CCC(C)CC1.I. The number of aliphatic imine (C=N–C) groups is 1. The number of aliphatic hydroxyl groups is 1. The number of likely N-dealkylation sites (tertiary alicyclic amines) is 1. The van der Waals surface area contributed by atoms with E-state index in [-0.39, 0.29) is 30.6 Å². The van der Waals surface area contributed by atoms with E-state index >= 15 is 0 Å². The van der Waals surface area contributed by atoms with Crippen LogP contribution < -0.4 is 10.6 Å². The van der Waals surface area contributed by atoms with Crippen molar-refractivity contribution in [2.24, 2.45) is 22.7 Å². The highest BCUT2D eigenvalue weighted by molar-refractivity contribution is 14.0. The molecular formula is C19H41IN4O. The molecule has 6 heteroatoms. The van der Waals surface area contributed by atoms with Crippen molar-refractivity contribution >= 4 is 29.9 Å². The number of halogens is 1. The third-order valence-corrected chi connectivity index (χ3v) is 4.79. The van der Waals surface area contributed by atoms with Crippen molar-refractivity contribution in [2.75, 3.05) is 45.9 Å². The molecule has 0 bridgehead atoms. The molecule has 25 heavy (non-hydrogen) atoms. The topological polar surface area (TPSA) is 59.9 Å². The van der Waals surface area contributed by atoms with E-state index in [1.165, 1.54) is 25.9 Å². The van der Waals surface area contributed by atoms with Gasteiger partial charge in [-0.25, -0.2) is 0 Å². The van der Waals surface area contributed by atoms with Gasteiger partial charge >= 0.3 is 0 Å². The highest BCUT2D eigenvalue weighted by Gasteiger charge is 2.15. The molecule has 5 nitrogen and oxygen atoms in total. The zero-order chi connectivity index (χ0) is 17.8. The second-order valence-electron chi connectivity index (χ2n) is 7.68. The van der Waals surface area contributed by atoms with Crippen molar-refractivity contribution in [2.45, 2.75) is 53.4 Å². The second-order valence-corrected chi connectivity index (χ2v) is 7.68. The summed E-state index contributed by atoms with van der Waals surface area (Å²) in [6.07, 6.45) is 4.61. The minimum atomic E-state index is 0. The van der Waals surface area contributed by atoms with Crippen molar-refractivity contribution in [3.63, 3.8) is 0 Å². The minimum Gasteiger partial charge on any atom is -0.396 e. The Labute approximate surface area is 172 Å². The Bertz CT molecular complexity index is 344. The Hall–Kier alpha value is -0.0800. The van der Waals surface area contributed by atoms with Gasteiger partial charge in [-0.1, -0.05) is 20.8 Å². The molecule has 1 aliphatic rings. The second kappa shape index (κ2) is 15.0. The van der Waals surface area contributed by atoms with Gasteiger partial charge in [-0.15, -0.1) is 24.0 Å². The molecule has 150 valence electrons. The Balaban J connectivity index is 0.00000576. The standard InChI is InChI=1S/C19H40N4O.HI/c1-5-20-19(22-15-18(8-13-24)14-16(2)3)21-9-12-23-10-6-17(4)7-11-23;/h16-18,24H,5-15H2,1-4H3,(H2,20,21,22);1H. The molecular weight excluding hydrogens is 427 g/mol. The van der Waals surface area contributed by atoms with Gasteiger partial charge < -0.3 is 20.6 Å². The molecule has 0 aromatic rings. The summed E-state index contributed by atoms with van der Waals surface area (Å²) < 4.78 is 0. The summed E-state index contributed by atoms with van der Waals surface area (Å²) >= 11 is 0. The molecule has 0 aromatic carbocycles. The average molecular weight is 468 g/mol. The maximum absolute atomic E-state index is 9.24. The number of nitrogens with one attached hydrogen (secondary N) is 2. The first-order valence-electron chi connectivity index (χ1n) is 9.90. The first-order chi connectivity index (χ1) is 11.5. The lowest BCUT2D eigenvalue weighted by atomic mass is 9.94. The van der Waals surface area contributed by atoms with Crippen LogP contribution >= 0.6 is 24.0 Å². The van der Waals surface area contributed by atoms with Crippen LogP contribution in [0.5, 0.6) is 0 Å². The van der Waals surface area contributed by atoms with E-state index < -0.39 is 0 Å². The summed E-state index contributed by atoms with van der Waals surface area (Å²) in [5, 5.41) is 16.0. The summed E-state index contributed by atoms with van der Waals surface area (Å²) in [6, 6.07) is 0. The largest absolute Gasteiger partial charge is 0.396 e. The molecule has 1 rings (SSSR count). The third kappa shape index (κ3) is 12.0. The van der Waals surface area contributed by atoms with E-state index in [9.17, 15) is 5.11 Å². The molecule has 1 atom stereocenters. The smallest absolute Gasteiger partial charge is 0.191 e. The molecule has 0 spiro atoms. The highest BCUT2D eigenvalue weighted by Crippen LogP contribution is 2.16. The van der Waals surface area contributed by atoms with E-state index in [1.807, 2.05) is 0 Å². The first-order valence-corrected chi connectivity index (χ1v) is 9.90. The van der Waals surface area contributed by atoms with Crippen molar-refractivity contribution in [3.05, 3.63) is 0 Å². The van der Waals surface area contributed by atoms with Crippen LogP contribution in [-0.4, -0.2) is 61.8 Å². The highest BCUT2D eigenvalue weighted by atomic mass is 127. The fraction of sp³-hybridized carbons (Fsp3) is 0.947. The van der Waals surface area contributed by atoms with Gasteiger partial charge in [0, 0.05) is 32.8 Å². The molecule has 0 radical (unpaired) electrons. The fourth-order valence-electron chi connectivity index (χ4n) is 3.31. The van der Waals surface area contributed by atoms with E-state index in [0.29, 0.717) is 11.8 Å². The van der Waals surface area contributed by atoms with Crippen LogP contribution in [-0.2, 0) is 0 Å². The average Bonchev–Trinajstić information content (AvgIpc) is 2.54. The molecule has 1 heterocycles. The molecule has 0 amide bonds. The fourth-order valence-corrected chi connectivity index (χ4v) is 3.31. The van der Waals surface area contributed by atoms with Crippen molar-refractivity contribution in [1.29, 1.82) is 0 Å². The monoisotopic (exact) mass is 468 g/mol. The lowest BCUT2D eigenvalue weighted by Gasteiger charge is -2.30. The summed E-state index contributed by atoms with van der Waals surface area (Å²) in [5.74, 6) is 2.91. The lowest BCUT2D eigenvalue weighted by molar-refractivity contribution is 0.195. The number of hydrogen-bond donors (Lipinski definition) is 3. The van der Waals surface area contributed by atoms with Gasteiger partial charge in [0.25, 0.3) is 0 Å². The van der Waals surface area contributed by atoms with Gasteiger partial charge in [0.2, 0.25) is 0 Å². The van der Waals surface area contributed by atoms with Crippen molar-refractivity contribution < 1.29 is 5.11 Å². The summed E-state index contributed by atoms with van der Waals surface area (Å²) in [7, 11) is 0. The van der Waals surface area contributed by atoms with E-state index in [2.05, 4.69) is 43.2 Å². The number of hydrogen-bond acceptors (Lipinski definition) is 3. The van der Waals surface area contributed by atoms with Gasteiger partial charge in [0.1, 0.15) is 0 Å². The van der Waals surface area contributed by atoms with Crippen molar-refractivity contribution in [3.8, 4) is 0 Å². The van der Waals surface area contributed by atoms with Crippen LogP contribution in [0.2, 0.25) is 0 Å². The minimum absolute atomic E-state index is 0. The van der Waals surface area contributed by atoms with Gasteiger partial charge in [0.05, 0.1) is 0 Å². The lowest BCUT2D eigenvalue weighted by Crippen LogP contribution is -2.43. The molecule has 1 fully saturated rings. The van der Waals surface area contributed by atoms with Crippen LogP contribution in [0.1, 0.15) is 53.4 Å². The zero-order valence-corrected chi connectivity index (χ0v) is 19.1. The van der Waals surface area contributed by atoms with Crippen LogP contribution in [0.3, 0.4) is 0 Å². The van der Waals surface area contributed by atoms with Gasteiger partial charge in [-0.3, -0.25) is 4.99 Å². The van der Waals surface area contributed by atoms with E-state index in [4.69, 9.17) is 4.99 Å². The predicted octanol–water partition coefficient (Wildman–Crippen LogP) is 2.94. The summed E-state index contributed by atoms with van der Waals surface area (Å²) in [6.45, 7) is 15.3. The maximum Gasteiger partial charge on any atom is 0.191 e. The maximum atomic E-state index is 9.24. The first kappa shape index (κ1) is 24.9. The molecule has 1 unspecified atom stereocenters. The Morgan fingerprint density at radius 3 is 2.48 bits per heavy atom. The Kier molecular flexibility index (Phi) is 15.0. The molecule has 0 aromatic heterocycles.